The molecule has 4 rings (SSSR count). The number of anilines is 1. The number of rotatable bonds is 2. The fraction of sp³-hybridized carbons (Fsp3) is 0. The number of nitrogens with zero attached hydrogens (tertiary/aromatic N) is 1. The number of carbonyl (C=O) groups is 1. The molecule has 0 bridgehead atoms. The minimum atomic E-state index is -0.476. The zero-order chi connectivity index (χ0) is 15.8. The van der Waals surface area contributed by atoms with Gasteiger partial charge in [0, 0.05) is 16.5 Å². The van der Waals surface area contributed by atoms with Crippen LogP contribution in [0.1, 0.15) is 21.6 Å². The predicted octanol–water partition coefficient (Wildman–Crippen LogP) is 3.11. The Kier molecular flexibility index (Phi) is 2.98. The second-order valence-corrected chi connectivity index (χ2v) is 5.34. The zero-order valence-electron chi connectivity index (χ0n) is 12.2. The van der Waals surface area contributed by atoms with Gasteiger partial charge in [0.05, 0.1) is 11.4 Å². The molecular formula is C18H14N4O. The summed E-state index contributed by atoms with van der Waals surface area (Å²) in [5, 5.41) is 5.40. The highest BCUT2D eigenvalue weighted by Gasteiger charge is 2.13. The maximum absolute atomic E-state index is 11.4. The van der Waals surface area contributed by atoms with E-state index < -0.39 is 5.91 Å². The highest BCUT2D eigenvalue weighted by atomic mass is 16.1. The molecule has 2 heterocycles. The fourth-order valence-corrected chi connectivity index (χ4v) is 2.73. The van der Waals surface area contributed by atoms with Crippen molar-refractivity contribution in [2.45, 2.75) is 0 Å². The van der Waals surface area contributed by atoms with E-state index in [4.69, 9.17) is 5.73 Å². The van der Waals surface area contributed by atoms with E-state index in [-0.39, 0.29) is 0 Å². The molecule has 5 nitrogen and oxygen atoms in total. The van der Waals surface area contributed by atoms with Gasteiger partial charge in [-0.1, -0.05) is 36.4 Å². The Balaban J connectivity index is 1.84. The molecule has 0 spiro atoms. The molecule has 3 aromatic rings. The summed E-state index contributed by atoms with van der Waals surface area (Å²) in [4.78, 5) is 14.4. The summed E-state index contributed by atoms with van der Waals surface area (Å²) in [6.45, 7) is 0. The van der Waals surface area contributed by atoms with Gasteiger partial charge in [0.2, 0.25) is 0 Å². The molecule has 0 fully saturated rings. The fourth-order valence-electron chi connectivity index (χ4n) is 2.73. The van der Waals surface area contributed by atoms with Gasteiger partial charge in [-0.2, -0.15) is 5.10 Å². The summed E-state index contributed by atoms with van der Waals surface area (Å²) in [6, 6.07) is 15.5. The predicted molar refractivity (Wildman–Crippen MR) is 92.5 cm³/mol. The highest BCUT2D eigenvalue weighted by molar-refractivity contribution is 6.19. The minimum Gasteiger partial charge on any atom is -0.364 e. The van der Waals surface area contributed by atoms with E-state index in [1.165, 1.54) is 0 Å². The second kappa shape index (κ2) is 5.14. The van der Waals surface area contributed by atoms with Gasteiger partial charge in [0.1, 0.15) is 5.69 Å². The topological polar surface area (TPSA) is 83.3 Å². The molecule has 0 saturated heterocycles. The third-order valence-corrected chi connectivity index (χ3v) is 3.88. The van der Waals surface area contributed by atoms with Crippen LogP contribution in [0.5, 0.6) is 0 Å². The van der Waals surface area contributed by atoms with Crippen molar-refractivity contribution in [3.8, 4) is 0 Å². The van der Waals surface area contributed by atoms with Gasteiger partial charge in [0.15, 0.2) is 0 Å². The molecule has 0 saturated carbocycles. The van der Waals surface area contributed by atoms with Gasteiger partial charge in [-0.15, -0.1) is 0 Å². The van der Waals surface area contributed by atoms with Crippen LogP contribution >= 0.6 is 0 Å². The number of hydrazone groups is 1. The molecule has 0 radical (unpaired) electrons. The SMILES string of the molecule is NC(=O)c1cc2c(C3=NNc4ccccc4C=C3)cccc2[nH]1. The molecule has 5 heteroatoms. The Bertz CT molecular complexity index is 982. The number of nitrogens with two attached hydrogens (primary N) is 1. The van der Waals surface area contributed by atoms with Crippen LogP contribution in [-0.4, -0.2) is 16.6 Å². The lowest BCUT2D eigenvalue weighted by molar-refractivity contribution is 0.0996. The van der Waals surface area contributed by atoms with Crippen LogP contribution in [0.3, 0.4) is 0 Å². The number of hydrogen-bond donors (Lipinski definition) is 3. The van der Waals surface area contributed by atoms with Crippen molar-refractivity contribution in [1.29, 1.82) is 0 Å². The molecule has 0 unspecified atom stereocenters. The number of allylic oxidation sites excluding steroid dienone is 1. The first kappa shape index (κ1) is 13.3. The van der Waals surface area contributed by atoms with E-state index in [1.54, 1.807) is 6.07 Å². The van der Waals surface area contributed by atoms with Gasteiger partial charge in [-0.05, 0) is 29.8 Å². The van der Waals surface area contributed by atoms with Crippen molar-refractivity contribution in [2.75, 3.05) is 5.43 Å². The van der Waals surface area contributed by atoms with Crippen LogP contribution < -0.4 is 11.2 Å². The van der Waals surface area contributed by atoms with Crippen LogP contribution in [0.2, 0.25) is 0 Å². The quantitative estimate of drug-likeness (QED) is 0.679. The Labute approximate surface area is 132 Å². The largest absolute Gasteiger partial charge is 0.364 e. The van der Waals surface area contributed by atoms with E-state index in [1.807, 2.05) is 54.6 Å². The molecule has 1 amide bonds. The number of primary amides is 1. The molecule has 112 valence electrons. The standard InChI is InChI=1S/C18H14N4O/c19-18(23)17-10-13-12(5-3-7-15(13)20-17)16-9-8-11-4-1-2-6-14(11)21-22-16/h1-10,20-21H,(H2,19,23). The minimum absolute atomic E-state index is 0.391. The highest BCUT2D eigenvalue weighted by Crippen LogP contribution is 2.24. The van der Waals surface area contributed by atoms with Crippen LogP contribution in [0.25, 0.3) is 17.0 Å². The normalized spacial score (nSPS) is 13.1. The van der Waals surface area contributed by atoms with Crippen molar-refractivity contribution in [3.63, 3.8) is 0 Å². The molecule has 1 aromatic heterocycles. The summed E-state index contributed by atoms with van der Waals surface area (Å²) in [7, 11) is 0. The van der Waals surface area contributed by atoms with Gasteiger partial charge in [-0.3, -0.25) is 10.2 Å². The molecule has 0 aliphatic carbocycles. The molecule has 23 heavy (non-hydrogen) atoms. The lowest BCUT2D eigenvalue weighted by Gasteiger charge is -2.04. The second-order valence-electron chi connectivity index (χ2n) is 5.34. The van der Waals surface area contributed by atoms with Crippen molar-refractivity contribution < 1.29 is 4.79 Å². The average Bonchev–Trinajstić information content (AvgIpc) is 2.89. The third-order valence-electron chi connectivity index (χ3n) is 3.88. The van der Waals surface area contributed by atoms with Crippen molar-refractivity contribution in [2.24, 2.45) is 10.8 Å². The summed E-state index contributed by atoms with van der Waals surface area (Å²) >= 11 is 0. The Morgan fingerprint density at radius 3 is 2.78 bits per heavy atom. The number of aromatic amines is 1. The van der Waals surface area contributed by atoms with Crippen molar-refractivity contribution in [3.05, 3.63) is 71.4 Å². The number of H-pyrrole nitrogens is 1. The molecule has 1 aliphatic heterocycles. The molecular weight excluding hydrogens is 288 g/mol. The Morgan fingerprint density at radius 2 is 1.91 bits per heavy atom. The van der Waals surface area contributed by atoms with Crippen molar-refractivity contribution >= 4 is 34.3 Å². The van der Waals surface area contributed by atoms with E-state index in [0.29, 0.717) is 5.69 Å². The van der Waals surface area contributed by atoms with E-state index >= 15 is 0 Å². The average molecular weight is 302 g/mol. The third kappa shape index (κ3) is 2.28. The zero-order valence-corrected chi connectivity index (χ0v) is 12.2. The molecule has 2 aromatic carbocycles. The van der Waals surface area contributed by atoms with Gasteiger partial charge in [-0.25, -0.2) is 0 Å². The smallest absolute Gasteiger partial charge is 0.265 e. The number of para-hydroxylation sites is 1. The van der Waals surface area contributed by atoms with E-state index in [2.05, 4.69) is 15.5 Å². The number of aromatic nitrogens is 1. The van der Waals surface area contributed by atoms with Crippen molar-refractivity contribution in [1.82, 2.24) is 4.98 Å². The Hall–Kier alpha value is -3.34. The Morgan fingerprint density at radius 1 is 1.04 bits per heavy atom. The first-order valence-corrected chi connectivity index (χ1v) is 7.25. The lowest BCUT2D eigenvalue weighted by Crippen LogP contribution is -2.10. The van der Waals surface area contributed by atoms with Crippen LogP contribution in [0.4, 0.5) is 5.69 Å². The molecule has 1 aliphatic rings. The number of hydrogen-bond acceptors (Lipinski definition) is 3. The van der Waals surface area contributed by atoms with Crippen LogP contribution in [0, 0.1) is 0 Å². The summed E-state index contributed by atoms with van der Waals surface area (Å²) < 4.78 is 0. The maximum Gasteiger partial charge on any atom is 0.265 e. The number of carbonyl (C=O) groups excluding carboxylic acids is 1. The van der Waals surface area contributed by atoms with Gasteiger partial charge in [0.25, 0.3) is 5.91 Å². The first-order chi connectivity index (χ1) is 11.2. The number of fused-ring (bicyclic) bond motifs is 2. The monoisotopic (exact) mass is 302 g/mol. The number of nitrogens with one attached hydrogen (secondary N) is 2. The summed E-state index contributed by atoms with van der Waals surface area (Å²) in [5.41, 5.74) is 13.5. The van der Waals surface area contributed by atoms with Gasteiger partial charge >= 0.3 is 0 Å². The van der Waals surface area contributed by atoms with Crippen LogP contribution in [-0.2, 0) is 0 Å². The number of benzene rings is 2. The molecule has 4 N–H and O–H groups in total. The van der Waals surface area contributed by atoms with E-state index in [9.17, 15) is 4.79 Å². The van der Waals surface area contributed by atoms with Gasteiger partial charge < -0.3 is 10.7 Å². The summed E-state index contributed by atoms with van der Waals surface area (Å²) in [5.74, 6) is -0.476. The lowest BCUT2D eigenvalue weighted by atomic mass is 10.0. The first-order valence-electron chi connectivity index (χ1n) is 7.25. The molecule has 0 atom stereocenters. The summed E-state index contributed by atoms with van der Waals surface area (Å²) in [6.07, 6.45) is 3.99. The van der Waals surface area contributed by atoms with E-state index in [0.717, 1.165) is 33.4 Å². The maximum atomic E-state index is 11.4. The number of amides is 1. The van der Waals surface area contributed by atoms with Crippen LogP contribution in [0.15, 0.2) is 59.7 Å².